The molecule has 3 N–H and O–H groups in total. The Kier molecular flexibility index (Phi) is 3.88. The van der Waals surface area contributed by atoms with Crippen LogP contribution in [0.5, 0.6) is 0 Å². The number of hydrogen-bond acceptors (Lipinski definition) is 3. The van der Waals surface area contributed by atoms with Crippen molar-refractivity contribution in [3.05, 3.63) is 0 Å². The Hall–Kier alpha value is -1.57. The number of nitriles is 1. The van der Waals surface area contributed by atoms with Crippen molar-refractivity contribution in [1.82, 2.24) is 5.32 Å². The standard InChI is InChI=1S/C17H25N3O2/c1-10(2-3-18)14(15(19)21)20-16(22)17-7-11-4-12(8-17)6-13(5-11)9-17/h10-14H,2,4-9H2,1H3,(H2,19,21)(H,20,22)/t10-,11?,12?,13?,14+,17?/m0/s1. The van der Waals surface area contributed by atoms with Gasteiger partial charge in [-0.2, -0.15) is 5.26 Å². The van der Waals surface area contributed by atoms with E-state index in [2.05, 4.69) is 11.4 Å². The van der Waals surface area contributed by atoms with Gasteiger partial charge in [0, 0.05) is 11.8 Å². The summed E-state index contributed by atoms with van der Waals surface area (Å²) in [6.45, 7) is 1.79. The Morgan fingerprint density at radius 1 is 1.23 bits per heavy atom. The highest BCUT2D eigenvalue weighted by Crippen LogP contribution is 2.60. The summed E-state index contributed by atoms with van der Waals surface area (Å²) >= 11 is 0. The zero-order valence-electron chi connectivity index (χ0n) is 13.2. The van der Waals surface area contributed by atoms with Gasteiger partial charge in [-0.15, -0.1) is 0 Å². The fourth-order valence-electron chi connectivity index (χ4n) is 5.44. The van der Waals surface area contributed by atoms with Crippen LogP contribution in [0.2, 0.25) is 0 Å². The van der Waals surface area contributed by atoms with Crippen molar-refractivity contribution >= 4 is 11.8 Å². The molecule has 120 valence electrons. The van der Waals surface area contributed by atoms with Crippen LogP contribution < -0.4 is 11.1 Å². The average molecular weight is 303 g/mol. The van der Waals surface area contributed by atoms with Crippen molar-refractivity contribution in [1.29, 1.82) is 5.26 Å². The molecule has 0 aromatic heterocycles. The van der Waals surface area contributed by atoms with E-state index in [0.717, 1.165) is 19.3 Å². The van der Waals surface area contributed by atoms with Crippen LogP contribution in [0.25, 0.3) is 0 Å². The molecule has 5 heteroatoms. The third kappa shape index (κ3) is 2.60. The maximum atomic E-state index is 12.9. The van der Waals surface area contributed by atoms with Gasteiger partial charge in [-0.3, -0.25) is 9.59 Å². The van der Waals surface area contributed by atoms with Gasteiger partial charge < -0.3 is 11.1 Å². The van der Waals surface area contributed by atoms with Crippen LogP contribution in [0.1, 0.15) is 51.9 Å². The average Bonchev–Trinajstić information content (AvgIpc) is 2.42. The normalized spacial score (nSPS) is 38.1. The van der Waals surface area contributed by atoms with E-state index in [1.807, 2.05) is 0 Å². The molecule has 4 rings (SSSR count). The maximum absolute atomic E-state index is 12.9. The van der Waals surface area contributed by atoms with E-state index in [1.165, 1.54) is 19.3 Å². The van der Waals surface area contributed by atoms with Gasteiger partial charge >= 0.3 is 0 Å². The number of amides is 2. The number of carbonyl (C=O) groups is 2. The molecule has 0 saturated heterocycles. The minimum Gasteiger partial charge on any atom is -0.368 e. The highest BCUT2D eigenvalue weighted by atomic mass is 16.2. The Morgan fingerprint density at radius 3 is 2.14 bits per heavy atom. The lowest BCUT2D eigenvalue weighted by Gasteiger charge is -2.55. The second kappa shape index (κ2) is 5.57. The molecule has 2 amide bonds. The molecule has 4 aliphatic rings. The predicted octanol–water partition coefficient (Wildman–Crippen LogP) is 1.72. The van der Waals surface area contributed by atoms with Crippen molar-refractivity contribution < 1.29 is 9.59 Å². The summed E-state index contributed by atoms with van der Waals surface area (Å²) in [5, 5.41) is 11.7. The van der Waals surface area contributed by atoms with Crippen LogP contribution in [0, 0.1) is 40.4 Å². The lowest BCUT2D eigenvalue weighted by Crippen LogP contribution is -2.58. The molecule has 4 saturated carbocycles. The van der Waals surface area contributed by atoms with Crippen molar-refractivity contribution in [2.45, 2.75) is 57.9 Å². The minimum atomic E-state index is -0.736. The Bertz CT molecular complexity index is 487. The van der Waals surface area contributed by atoms with Gasteiger partial charge in [0.1, 0.15) is 6.04 Å². The molecule has 2 atom stereocenters. The fourth-order valence-corrected chi connectivity index (χ4v) is 5.44. The molecule has 0 aromatic rings. The lowest BCUT2D eigenvalue weighted by atomic mass is 9.49. The third-order valence-electron chi connectivity index (χ3n) is 6.10. The highest BCUT2D eigenvalue weighted by molar-refractivity contribution is 5.89. The van der Waals surface area contributed by atoms with E-state index in [-0.39, 0.29) is 23.7 Å². The van der Waals surface area contributed by atoms with E-state index in [1.54, 1.807) is 6.92 Å². The van der Waals surface area contributed by atoms with Gasteiger partial charge in [0.25, 0.3) is 0 Å². The first-order valence-electron chi connectivity index (χ1n) is 8.41. The van der Waals surface area contributed by atoms with Crippen molar-refractivity contribution in [2.75, 3.05) is 0 Å². The number of carbonyl (C=O) groups excluding carboxylic acids is 2. The van der Waals surface area contributed by atoms with E-state index in [0.29, 0.717) is 17.8 Å². The van der Waals surface area contributed by atoms with Crippen LogP contribution in [-0.2, 0) is 9.59 Å². The molecule has 0 unspecified atom stereocenters. The van der Waals surface area contributed by atoms with Gasteiger partial charge in [0.15, 0.2) is 0 Å². The SMILES string of the molecule is C[C@@H](CC#N)[C@@H](NC(=O)C12CC3CC(CC(C3)C1)C2)C(N)=O. The van der Waals surface area contributed by atoms with Crippen LogP contribution >= 0.6 is 0 Å². The van der Waals surface area contributed by atoms with Crippen molar-refractivity contribution in [2.24, 2.45) is 34.8 Å². The zero-order valence-corrected chi connectivity index (χ0v) is 13.2. The largest absolute Gasteiger partial charge is 0.368 e. The molecular weight excluding hydrogens is 278 g/mol. The number of primary amides is 1. The van der Waals surface area contributed by atoms with Crippen LogP contribution in [-0.4, -0.2) is 17.9 Å². The summed E-state index contributed by atoms with van der Waals surface area (Å²) in [6, 6.07) is 1.32. The molecule has 0 aliphatic heterocycles. The van der Waals surface area contributed by atoms with E-state index in [4.69, 9.17) is 11.0 Å². The first-order valence-corrected chi connectivity index (χ1v) is 8.41. The molecular formula is C17H25N3O2. The highest BCUT2D eigenvalue weighted by Gasteiger charge is 2.55. The van der Waals surface area contributed by atoms with Crippen LogP contribution in [0.15, 0.2) is 0 Å². The van der Waals surface area contributed by atoms with Gasteiger partial charge in [0.05, 0.1) is 6.07 Å². The maximum Gasteiger partial charge on any atom is 0.240 e. The monoisotopic (exact) mass is 303 g/mol. The second-order valence-electron chi connectivity index (χ2n) is 7.89. The molecule has 0 spiro atoms. The van der Waals surface area contributed by atoms with Gasteiger partial charge in [-0.25, -0.2) is 0 Å². The molecule has 0 aromatic carbocycles. The summed E-state index contributed by atoms with van der Waals surface area (Å²) in [5.41, 5.74) is 5.16. The van der Waals surface area contributed by atoms with Crippen molar-refractivity contribution in [3.63, 3.8) is 0 Å². The number of rotatable bonds is 5. The number of nitrogens with two attached hydrogens (primary N) is 1. The fraction of sp³-hybridized carbons (Fsp3) is 0.824. The predicted molar refractivity (Wildman–Crippen MR) is 81.1 cm³/mol. The number of nitrogens with zero attached hydrogens (tertiary/aromatic N) is 1. The zero-order chi connectivity index (χ0) is 15.9. The lowest BCUT2D eigenvalue weighted by molar-refractivity contribution is -0.148. The summed E-state index contributed by atoms with van der Waals surface area (Å²) in [7, 11) is 0. The quantitative estimate of drug-likeness (QED) is 0.809. The molecule has 0 heterocycles. The Labute approximate surface area is 131 Å². The molecule has 4 fully saturated rings. The number of hydrogen-bond donors (Lipinski definition) is 2. The number of nitrogens with one attached hydrogen (secondary N) is 1. The van der Waals surface area contributed by atoms with Gasteiger partial charge in [0.2, 0.25) is 11.8 Å². The van der Waals surface area contributed by atoms with Crippen molar-refractivity contribution in [3.8, 4) is 6.07 Å². The molecule has 22 heavy (non-hydrogen) atoms. The summed E-state index contributed by atoms with van der Waals surface area (Å²) in [6.07, 6.45) is 6.92. The van der Waals surface area contributed by atoms with Crippen LogP contribution in [0.4, 0.5) is 0 Å². The smallest absolute Gasteiger partial charge is 0.240 e. The van der Waals surface area contributed by atoms with Gasteiger partial charge in [-0.1, -0.05) is 6.92 Å². The molecule has 5 nitrogen and oxygen atoms in total. The van der Waals surface area contributed by atoms with E-state index >= 15 is 0 Å². The molecule has 4 bridgehead atoms. The Balaban J connectivity index is 1.73. The summed E-state index contributed by atoms with van der Waals surface area (Å²) < 4.78 is 0. The van der Waals surface area contributed by atoms with E-state index in [9.17, 15) is 9.59 Å². The third-order valence-corrected chi connectivity index (χ3v) is 6.10. The topological polar surface area (TPSA) is 96.0 Å². The first-order chi connectivity index (χ1) is 10.4. The second-order valence-corrected chi connectivity index (χ2v) is 7.89. The van der Waals surface area contributed by atoms with E-state index < -0.39 is 11.9 Å². The minimum absolute atomic E-state index is 0.000176. The summed E-state index contributed by atoms with van der Waals surface area (Å²) in [4.78, 5) is 24.6. The molecule has 4 aliphatic carbocycles. The first kappa shape index (κ1) is 15.3. The van der Waals surface area contributed by atoms with Gasteiger partial charge in [-0.05, 0) is 62.2 Å². The Morgan fingerprint density at radius 2 is 1.73 bits per heavy atom. The van der Waals surface area contributed by atoms with Crippen LogP contribution in [0.3, 0.4) is 0 Å². The molecule has 0 radical (unpaired) electrons. The summed E-state index contributed by atoms with van der Waals surface area (Å²) in [5.74, 6) is 1.25.